The summed E-state index contributed by atoms with van der Waals surface area (Å²) in [6, 6.07) is 4.26. The first kappa shape index (κ1) is 29.8. The third kappa shape index (κ3) is 6.11. The van der Waals surface area contributed by atoms with Crippen LogP contribution in [0.5, 0.6) is 11.5 Å². The van der Waals surface area contributed by atoms with E-state index in [2.05, 4.69) is 99.5 Å². The Morgan fingerprint density at radius 3 is 2.00 bits per heavy atom. The number of nitrogens with zero attached hydrogens (tertiary/aromatic N) is 1. The Morgan fingerprint density at radius 2 is 1.54 bits per heavy atom. The fraction of sp³-hybridized carbons (Fsp3) is 0.714. The first-order valence-corrected chi connectivity index (χ1v) is 18.3. The van der Waals surface area contributed by atoms with Gasteiger partial charge in [-0.15, -0.1) is 0 Å². The van der Waals surface area contributed by atoms with Crippen molar-refractivity contribution in [3.8, 4) is 11.5 Å². The van der Waals surface area contributed by atoms with E-state index in [1.807, 2.05) is 6.07 Å². The van der Waals surface area contributed by atoms with Gasteiger partial charge >= 0.3 is 0 Å². The number of nitrogens with two attached hydrogens (primary N) is 1. The Morgan fingerprint density at radius 1 is 1.00 bits per heavy atom. The van der Waals surface area contributed by atoms with E-state index >= 15 is 0 Å². The van der Waals surface area contributed by atoms with Crippen LogP contribution in [-0.4, -0.2) is 36.4 Å². The molecule has 0 aromatic heterocycles. The van der Waals surface area contributed by atoms with Crippen LogP contribution in [0.25, 0.3) is 0 Å². The van der Waals surface area contributed by atoms with E-state index in [0.29, 0.717) is 28.9 Å². The van der Waals surface area contributed by atoms with Gasteiger partial charge in [-0.1, -0.05) is 67.9 Å². The lowest BCUT2D eigenvalue weighted by Crippen LogP contribution is -2.50. The maximum absolute atomic E-state index is 6.97. The van der Waals surface area contributed by atoms with Gasteiger partial charge in [-0.25, -0.2) is 0 Å². The molecule has 2 N–H and O–H groups in total. The van der Waals surface area contributed by atoms with E-state index in [9.17, 15) is 0 Å². The van der Waals surface area contributed by atoms with Gasteiger partial charge in [0.05, 0.1) is 31.1 Å². The normalized spacial score (nSPS) is 17.5. The van der Waals surface area contributed by atoms with Crippen LogP contribution in [0.15, 0.2) is 23.9 Å². The molecule has 1 aliphatic heterocycles. The second-order valence-electron chi connectivity index (χ2n) is 12.8. The summed E-state index contributed by atoms with van der Waals surface area (Å²) in [6.45, 7) is 28.1. The molecule has 0 bridgehead atoms. The van der Waals surface area contributed by atoms with Crippen molar-refractivity contribution < 1.29 is 13.6 Å². The van der Waals surface area contributed by atoms with Crippen molar-refractivity contribution in [2.75, 3.05) is 24.4 Å². The number of ether oxygens (including phenoxy) is 1. The zero-order valence-electron chi connectivity index (χ0n) is 24.7. The molecular formula is C28H52N2O3Si2. The molecular weight excluding hydrogens is 468 g/mol. The second kappa shape index (κ2) is 10.9. The predicted octanol–water partition coefficient (Wildman–Crippen LogP) is 8.34. The van der Waals surface area contributed by atoms with Crippen LogP contribution in [0.2, 0.25) is 34.8 Å². The van der Waals surface area contributed by atoms with Gasteiger partial charge in [0.25, 0.3) is 8.32 Å². The lowest BCUT2D eigenvalue weighted by atomic mass is 10.1. The average Bonchev–Trinajstić information content (AvgIpc) is 3.09. The molecule has 35 heavy (non-hydrogen) atoms. The summed E-state index contributed by atoms with van der Waals surface area (Å²) in [7, 11) is -2.27. The number of anilines is 2. The zero-order valence-corrected chi connectivity index (χ0v) is 26.7. The number of methoxy groups -OCH3 is 1. The average molecular weight is 521 g/mol. The van der Waals surface area contributed by atoms with Crippen LogP contribution in [0, 0.1) is 0 Å². The summed E-state index contributed by atoms with van der Waals surface area (Å²) in [4.78, 5) is 2.28. The highest BCUT2D eigenvalue weighted by Crippen LogP contribution is 2.47. The van der Waals surface area contributed by atoms with Crippen LogP contribution >= 0.6 is 0 Å². The summed E-state index contributed by atoms with van der Waals surface area (Å²) in [5.41, 5.74) is 11.1. The molecule has 200 valence electrons. The molecule has 0 spiro atoms. The molecule has 0 fully saturated rings. The zero-order chi connectivity index (χ0) is 26.9. The van der Waals surface area contributed by atoms with Crippen molar-refractivity contribution in [2.45, 2.75) is 116 Å². The van der Waals surface area contributed by atoms with Crippen LogP contribution in [0.3, 0.4) is 0 Å². The fourth-order valence-corrected chi connectivity index (χ4v) is 11.7. The molecule has 0 radical (unpaired) electrons. The number of rotatable bonds is 10. The summed E-state index contributed by atoms with van der Waals surface area (Å²) in [5.74, 6) is 1.51. The molecule has 0 unspecified atom stereocenters. The van der Waals surface area contributed by atoms with Crippen molar-refractivity contribution in [1.29, 1.82) is 0 Å². The summed E-state index contributed by atoms with van der Waals surface area (Å²) < 4.78 is 19.5. The van der Waals surface area contributed by atoms with Gasteiger partial charge in [0.2, 0.25) is 0 Å². The van der Waals surface area contributed by atoms with Gasteiger partial charge in [0.1, 0.15) is 5.75 Å². The van der Waals surface area contributed by atoms with E-state index in [-0.39, 0.29) is 11.1 Å². The molecule has 0 saturated carbocycles. The molecule has 0 amide bonds. The lowest BCUT2D eigenvalue weighted by Gasteiger charge is -2.42. The van der Waals surface area contributed by atoms with Gasteiger partial charge < -0.3 is 24.2 Å². The monoisotopic (exact) mass is 520 g/mol. The maximum Gasteiger partial charge on any atom is 0.258 e. The summed E-state index contributed by atoms with van der Waals surface area (Å²) in [5, 5.41) is 0.180. The molecule has 5 nitrogen and oxygen atoms in total. The Bertz CT molecular complexity index is 882. The van der Waals surface area contributed by atoms with Crippen molar-refractivity contribution in [3.63, 3.8) is 0 Å². The number of hydrogen-bond donors (Lipinski definition) is 1. The van der Waals surface area contributed by atoms with E-state index in [0.717, 1.165) is 23.6 Å². The van der Waals surface area contributed by atoms with Crippen LogP contribution in [-0.2, 0) is 4.43 Å². The second-order valence-corrected chi connectivity index (χ2v) is 23.0. The third-order valence-corrected chi connectivity index (χ3v) is 18.8. The number of benzene rings is 1. The van der Waals surface area contributed by atoms with Gasteiger partial charge in [-0.2, -0.15) is 0 Å². The Kier molecular flexibility index (Phi) is 9.27. The Labute approximate surface area is 217 Å². The van der Waals surface area contributed by atoms with Crippen molar-refractivity contribution in [2.24, 2.45) is 0 Å². The lowest BCUT2D eigenvalue weighted by molar-refractivity contribution is 0.264. The molecule has 2 rings (SSSR count). The minimum atomic E-state index is -2.14. The minimum Gasteiger partial charge on any atom is -0.540 e. The predicted molar refractivity (Wildman–Crippen MR) is 157 cm³/mol. The first-order chi connectivity index (χ1) is 16.0. The summed E-state index contributed by atoms with van der Waals surface area (Å²) >= 11 is 0. The van der Waals surface area contributed by atoms with E-state index in [4.69, 9.17) is 19.3 Å². The van der Waals surface area contributed by atoms with Gasteiger partial charge in [-0.3, -0.25) is 0 Å². The van der Waals surface area contributed by atoms with Crippen molar-refractivity contribution in [3.05, 3.63) is 23.9 Å². The fourth-order valence-electron chi connectivity index (χ4n) is 5.36. The molecule has 0 saturated heterocycles. The van der Waals surface area contributed by atoms with Crippen LogP contribution in [0.4, 0.5) is 11.4 Å². The van der Waals surface area contributed by atoms with E-state index in [1.165, 1.54) is 5.57 Å². The Balaban J connectivity index is 2.43. The number of nitrogen functional groups attached to an aromatic ring is 1. The third-order valence-electron chi connectivity index (χ3n) is 8.34. The minimum absolute atomic E-state index is 0.180. The van der Waals surface area contributed by atoms with Crippen molar-refractivity contribution in [1.82, 2.24) is 0 Å². The maximum atomic E-state index is 6.97. The molecule has 1 aromatic carbocycles. The van der Waals surface area contributed by atoms with Crippen molar-refractivity contribution >= 4 is 28.0 Å². The van der Waals surface area contributed by atoms with Gasteiger partial charge in [-0.05, 0) is 48.1 Å². The van der Waals surface area contributed by atoms with Gasteiger partial charge in [0, 0.05) is 18.3 Å². The quantitative estimate of drug-likeness (QED) is 0.248. The van der Waals surface area contributed by atoms with Gasteiger partial charge in [0.15, 0.2) is 14.1 Å². The molecule has 1 atom stereocenters. The van der Waals surface area contributed by atoms with E-state index in [1.54, 1.807) is 7.11 Å². The first-order valence-electron chi connectivity index (χ1n) is 13.2. The molecule has 1 aliphatic rings. The largest absolute Gasteiger partial charge is 0.540 e. The van der Waals surface area contributed by atoms with E-state index < -0.39 is 16.6 Å². The molecule has 7 heteroatoms. The summed E-state index contributed by atoms with van der Waals surface area (Å²) in [6.07, 6.45) is 3.18. The number of hydrogen-bond acceptors (Lipinski definition) is 5. The highest BCUT2D eigenvalue weighted by atomic mass is 28.4. The van der Waals surface area contributed by atoms with Crippen LogP contribution in [0.1, 0.15) is 75.7 Å². The smallest absolute Gasteiger partial charge is 0.258 e. The molecule has 1 heterocycles. The SMILES string of the molecule is COc1cc(N2C=C(C)C[C@H]2CO[Si](C)(C)C(C)(C)C)c(N)cc1O[Si](C(C)C)(C(C)C)C(C)C. The molecule has 0 aliphatic carbocycles. The highest BCUT2D eigenvalue weighted by Gasteiger charge is 2.47. The topological polar surface area (TPSA) is 57.0 Å². The molecule has 1 aromatic rings. The highest BCUT2D eigenvalue weighted by molar-refractivity contribution is 6.78. The Hall–Kier alpha value is -1.45. The standard InChI is InChI=1S/C28H52N2O3Si2/c1-19(2)35(20(3)4,21(5)6)33-27-15-24(29)25(16-26(27)31-11)30-17-22(7)14-23(30)18-32-34(12,13)28(8,9)10/h15-17,19-21,23H,14,18,29H2,1-13H3/t23-/m0/s1. The van der Waals surface area contributed by atoms with Crippen LogP contribution < -0.4 is 19.8 Å².